The maximum absolute atomic E-state index is 11.2. The van der Waals surface area contributed by atoms with Gasteiger partial charge in [0.1, 0.15) is 5.78 Å². The molecular formula is C14H18O2. The Kier molecular flexibility index (Phi) is 3.73. The summed E-state index contributed by atoms with van der Waals surface area (Å²) in [5.74, 6) is 0.747. The van der Waals surface area contributed by atoms with Crippen LogP contribution >= 0.6 is 0 Å². The average Bonchev–Trinajstić information content (AvgIpc) is 2.29. The number of carbonyl (C=O) groups is 1. The number of ketones is 1. The summed E-state index contributed by atoms with van der Waals surface area (Å²) in [5, 5.41) is 0. The molecule has 16 heavy (non-hydrogen) atoms. The Balaban J connectivity index is 1.84. The lowest BCUT2D eigenvalue weighted by atomic mass is 9.87. The van der Waals surface area contributed by atoms with Gasteiger partial charge in [-0.15, -0.1) is 0 Å². The molecule has 0 saturated heterocycles. The minimum Gasteiger partial charge on any atom is -0.373 e. The zero-order valence-electron chi connectivity index (χ0n) is 9.69. The van der Waals surface area contributed by atoms with Gasteiger partial charge in [0.25, 0.3) is 0 Å². The van der Waals surface area contributed by atoms with E-state index in [0.717, 1.165) is 6.42 Å². The molecular weight excluding hydrogens is 200 g/mol. The highest BCUT2D eigenvalue weighted by Crippen LogP contribution is 2.24. The second-order valence-corrected chi connectivity index (χ2v) is 4.59. The number of Topliss-reactive ketones (excluding diaryl/α,β-unsaturated/α-hetero) is 1. The van der Waals surface area contributed by atoms with Gasteiger partial charge in [-0.25, -0.2) is 0 Å². The molecule has 1 aromatic rings. The van der Waals surface area contributed by atoms with Crippen LogP contribution in [-0.2, 0) is 16.1 Å². The average molecular weight is 218 g/mol. The van der Waals surface area contributed by atoms with Gasteiger partial charge in [-0.3, -0.25) is 4.79 Å². The second-order valence-electron chi connectivity index (χ2n) is 4.59. The third-order valence-corrected chi connectivity index (χ3v) is 3.20. The fourth-order valence-electron chi connectivity index (χ4n) is 2.21. The van der Waals surface area contributed by atoms with Crippen molar-refractivity contribution >= 4 is 5.78 Å². The first-order valence-corrected chi connectivity index (χ1v) is 5.93. The summed E-state index contributed by atoms with van der Waals surface area (Å²) in [5.41, 5.74) is 1.20. The molecule has 1 saturated carbocycles. The lowest BCUT2D eigenvalue weighted by Gasteiger charge is -2.28. The van der Waals surface area contributed by atoms with Crippen molar-refractivity contribution < 1.29 is 9.53 Å². The SMILES string of the molecule is C[C@H]1CC(=O)CC[C@@H]1OCc1ccccc1. The van der Waals surface area contributed by atoms with E-state index < -0.39 is 0 Å². The molecule has 0 spiro atoms. The van der Waals surface area contributed by atoms with Crippen LogP contribution in [0.15, 0.2) is 30.3 Å². The van der Waals surface area contributed by atoms with Crippen LogP contribution in [0.4, 0.5) is 0 Å². The summed E-state index contributed by atoms with van der Waals surface area (Å²) in [7, 11) is 0. The first-order chi connectivity index (χ1) is 7.75. The van der Waals surface area contributed by atoms with Gasteiger partial charge in [0, 0.05) is 12.8 Å². The van der Waals surface area contributed by atoms with Gasteiger partial charge in [-0.05, 0) is 17.9 Å². The fourth-order valence-corrected chi connectivity index (χ4v) is 2.21. The zero-order valence-corrected chi connectivity index (χ0v) is 9.69. The molecule has 2 atom stereocenters. The van der Waals surface area contributed by atoms with E-state index in [9.17, 15) is 4.79 Å². The number of benzene rings is 1. The van der Waals surface area contributed by atoms with E-state index >= 15 is 0 Å². The number of hydrogen-bond acceptors (Lipinski definition) is 2. The highest BCUT2D eigenvalue weighted by Gasteiger charge is 2.26. The van der Waals surface area contributed by atoms with Crippen molar-refractivity contribution in [2.75, 3.05) is 0 Å². The van der Waals surface area contributed by atoms with Crippen molar-refractivity contribution in [3.8, 4) is 0 Å². The van der Waals surface area contributed by atoms with Gasteiger partial charge in [-0.1, -0.05) is 37.3 Å². The Bertz CT molecular complexity index is 345. The second kappa shape index (κ2) is 5.26. The van der Waals surface area contributed by atoms with E-state index in [1.165, 1.54) is 5.56 Å². The van der Waals surface area contributed by atoms with Gasteiger partial charge >= 0.3 is 0 Å². The molecule has 1 aliphatic carbocycles. The maximum Gasteiger partial charge on any atom is 0.133 e. The summed E-state index contributed by atoms with van der Waals surface area (Å²) in [6.07, 6.45) is 2.49. The largest absolute Gasteiger partial charge is 0.373 e. The molecule has 0 aliphatic heterocycles. The normalized spacial score (nSPS) is 25.7. The number of rotatable bonds is 3. The standard InChI is InChI=1S/C14H18O2/c1-11-9-13(15)7-8-14(11)16-10-12-5-3-2-4-6-12/h2-6,11,14H,7-10H2,1H3/t11-,14-/m0/s1. The molecule has 0 radical (unpaired) electrons. The molecule has 2 rings (SSSR count). The fraction of sp³-hybridized carbons (Fsp3) is 0.500. The third kappa shape index (κ3) is 2.92. The van der Waals surface area contributed by atoms with Crippen LogP contribution in [-0.4, -0.2) is 11.9 Å². The molecule has 2 nitrogen and oxygen atoms in total. The first kappa shape index (κ1) is 11.3. The van der Waals surface area contributed by atoms with E-state index in [2.05, 4.69) is 19.1 Å². The van der Waals surface area contributed by atoms with Crippen molar-refractivity contribution in [3.05, 3.63) is 35.9 Å². The molecule has 0 N–H and O–H groups in total. The Hall–Kier alpha value is -1.15. The van der Waals surface area contributed by atoms with E-state index in [1.54, 1.807) is 0 Å². The summed E-state index contributed by atoms with van der Waals surface area (Å²) < 4.78 is 5.88. The smallest absolute Gasteiger partial charge is 0.133 e. The molecule has 0 bridgehead atoms. The first-order valence-electron chi connectivity index (χ1n) is 5.93. The van der Waals surface area contributed by atoms with Gasteiger partial charge in [0.05, 0.1) is 12.7 Å². The van der Waals surface area contributed by atoms with Crippen LogP contribution in [0.5, 0.6) is 0 Å². The summed E-state index contributed by atoms with van der Waals surface area (Å²) in [6.45, 7) is 2.76. The quantitative estimate of drug-likeness (QED) is 0.779. The predicted molar refractivity (Wildman–Crippen MR) is 63.0 cm³/mol. The van der Waals surface area contributed by atoms with Crippen molar-refractivity contribution in [1.29, 1.82) is 0 Å². The van der Waals surface area contributed by atoms with E-state index in [4.69, 9.17) is 4.74 Å². The van der Waals surface area contributed by atoms with Gasteiger partial charge in [0.2, 0.25) is 0 Å². The van der Waals surface area contributed by atoms with Crippen molar-refractivity contribution in [2.45, 2.75) is 38.9 Å². The van der Waals surface area contributed by atoms with Gasteiger partial charge in [0.15, 0.2) is 0 Å². The summed E-state index contributed by atoms with van der Waals surface area (Å²) in [6, 6.07) is 10.2. The molecule has 86 valence electrons. The van der Waals surface area contributed by atoms with E-state index in [-0.39, 0.29) is 6.10 Å². The topological polar surface area (TPSA) is 26.3 Å². The highest BCUT2D eigenvalue weighted by molar-refractivity contribution is 5.79. The number of hydrogen-bond donors (Lipinski definition) is 0. The van der Waals surface area contributed by atoms with Crippen LogP contribution in [0.3, 0.4) is 0 Å². The Labute approximate surface area is 96.6 Å². The minimum atomic E-state index is 0.248. The molecule has 0 aromatic heterocycles. The zero-order chi connectivity index (χ0) is 11.4. The number of carbonyl (C=O) groups excluding carboxylic acids is 1. The van der Waals surface area contributed by atoms with Gasteiger partial charge < -0.3 is 4.74 Å². The summed E-state index contributed by atoms with van der Waals surface area (Å²) in [4.78, 5) is 11.2. The van der Waals surface area contributed by atoms with Gasteiger partial charge in [-0.2, -0.15) is 0 Å². The Morgan fingerprint density at radius 3 is 2.75 bits per heavy atom. The summed E-state index contributed by atoms with van der Waals surface area (Å²) >= 11 is 0. The van der Waals surface area contributed by atoms with Crippen LogP contribution in [0, 0.1) is 5.92 Å². The Morgan fingerprint density at radius 1 is 1.31 bits per heavy atom. The molecule has 0 amide bonds. The lowest BCUT2D eigenvalue weighted by Crippen LogP contribution is -2.29. The van der Waals surface area contributed by atoms with Crippen LogP contribution in [0.1, 0.15) is 31.7 Å². The molecule has 2 heteroatoms. The van der Waals surface area contributed by atoms with Crippen molar-refractivity contribution in [3.63, 3.8) is 0 Å². The molecule has 0 unspecified atom stereocenters. The molecule has 0 heterocycles. The highest BCUT2D eigenvalue weighted by atomic mass is 16.5. The predicted octanol–water partition coefficient (Wildman–Crippen LogP) is 2.96. The molecule has 1 aromatic carbocycles. The maximum atomic E-state index is 11.2. The van der Waals surface area contributed by atoms with Crippen LogP contribution in [0.2, 0.25) is 0 Å². The van der Waals surface area contributed by atoms with Crippen LogP contribution in [0.25, 0.3) is 0 Å². The third-order valence-electron chi connectivity index (χ3n) is 3.20. The van der Waals surface area contributed by atoms with E-state index in [0.29, 0.717) is 31.1 Å². The lowest BCUT2D eigenvalue weighted by molar-refractivity contribution is -0.126. The van der Waals surface area contributed by atoms with E-state index in [1.807, 2.05) is 18.2 Å². The number of ether oxygens (including phenoxy) is 1. The molecule has 1 fully saturated rings. The monoisotopic (exact) mass is 218 g/mol. The Morgan fingerprint density at radius 2 is 2.06 bits per heavy atom. The molecule has 1 aliphatic rings. The van der Waals surface area contributed by atoms with Crippen molar-refractivity contribution in [1.82, 2.24) is 0 Å². The van der Waals surface area contributed by atoms with Crippen LogP contribution < -0.4 is 0 Å². The van der Waals surface area contributed by atoms with Crippen molar-refractivity contribution in [2.24, 2.45) is 5.92 Å². The minimum absolute atomic E-state index is 0.248.